The normalized spacial score (nSPS) is 26.8. The van der Waals surface area contributed by atoms with Gasteiger partial charge in [0.2, 0.25) is 0 Å². The molecule has 122 valence electrons. The summed E-state index contributed by atoms with van der Waals surface area (Å²) in [7, 11) is -1.18. The first kappa shape index (κ1) is 17.1. The van der Waals surface area contributed by atoms with Crippen LogP contribution < -0.4 is 0 Å². The fourth-order valence-corrected chi connectivity index (χ4v) is 3.67. The summed E-state index contributed by atoms with van der Waals surface area (Å²) < 4.78 is 27.9. The van der Waals surface area contributed by atoms with E-state index >= 15 is 0 Å². The highest BCUT2D eigenvalue weighted by Gasteiger charge is 2.47. The summed E-state index contributed by atoms with van der Waals surface area (Å²) in [6, 6.07) is 0. The van der Waals surface area contributed by atoms with Gasteiger partial charge >= 0.3 is 0 Å². The van der Waals surface area contributed by atoms with E-state index in [1.807, 2.05) is 27.0 Å². The van der Waals surface area contributed by atoms with Crippen LogP contribution in [0.2, 0.25) is 0 Å². The zero-order valence-corrected chi connectivity index (χ0v) is 14.8. The van der Waals surface area contributed by atoms with Crippen LogP contribution in [-0.2, 0) is 20.5 Å². The summed E-state index contributed by atoms with van der Waals surface area (Å²) in [6.45, 7) is 11.7. The van der Waals surface area contributed by atoms with Gasteiger partial charge in [0.25, 0.3) is 0 Å². The van der Waals surface area contributed by atoms with E-state index in [0.29, 0.717) is 19.1 Å². The number of nitrogens with zero attached hydrogens (tertiary/aromatic N) is 1. The van der Waals surface area contributed by atoms with Crippen molar-refractivity contribution in [2.75, 3.05) is 13.2 Å². The molecule has 2 aliphatic rings. The third-order valence-electron chi connectivity index (χ3n) is 4.84. The molecule has 1 aliphatic carbocycles. The van der Waals surface area contributed by atoms with Gasteiger partial charge < -0.3 is 9.47 Å². The van der Waals surface area contributed by atoms with Gasteiger partial charge in [0.1, 0.15) is 11.0 Å². The first-order chi connectivity index (χ1) is 9.69. The Morgan fingerprint density at radius 1 is 1.10 bits per heavy atom. The summed E-state index contributed by atoms with van der Waals surface area (Å²) in [5, 5.41) is 0. The maximum atomic E-state index is 12.2. The summed E-state index contributed by atoms with van der Waals surface area (Å²) in [6.07, 6.45) is 5.74. The molecule has 0 bridgehead atoms. The molecule has 1 aliphatic heterocycles. The molecule has 1 atom stereocenters. The quantitative estimate of drug-likeness (QED) is 0.749. The van der Waals surface area contributed by atoms with Gasteiger partial charge in [-0.05, 0) is 39.5 Å². The van der Waals surface area contributed by atoms with Crippen LogP contribution in [0, 0.1) is 11.3 Å². The second-order valence-corrected chi connectivity index (χ2v) is 9.53. The molecule has 1 saturated heterocycles. The van der Waals surface area contributed by atoms with Gasteiger partial charge in [-0.25, -0.2) is 4.21 Å². The zero-order valence-electron chi connectivity index (χ0n) is 14.0. The topological polar surface area (TPSA) is 47.9 Å². The lowest BCUT2D eigenvalue weighted by Crippen LogP contribution is -2.43. The van der Waals surface area contributed by atoms with Gasteiger partial charge in [-0.15, -0.1) is 0 Å². The second-order valence-electron chi connectivity index (χ2n) is 7.59. The molecule has 21 heavy (non-hydrogen) atoms. The first-order valence-corrected chi connectivity index (χ1v) is 9.05. The van der Waals surface area contributed by atoms with Crippen molar-refractivity contribution in [2.24, 2.45) is 15.7 Å². The van der Waals surface area contributed by atoms with Crippen molar-refractivity contribution in [2.45, 2.75) is 70.8 Å². The minimum atomic E-state index is -1.18. The fourth-order valence-electron chi connectivity index (χ4n) is 3.05. The molecule has 1 heterocycles. The van der Waals surface area contributed by atoms with Gasteiger partial charge in [0.15, 0.2) is 5.79 Å². The maximum Gasteiger partial charge on any atom is 0.168 e. The Bertz CT molecular complexity index is 410. The van der Waals surface area contributed by atoms with Crippen molar-refractivity contribution < 1.29 is 13.7 Å². The van der Waals surface area contributed by atoms with E-state index in [4.69, 9.17) is 9.47 Å². The van der Waals surface area contributed by atoms with Gasteiger partial charge in [0.05, 0.1) is 18.0 Å². The summed E-state index contributed by atoms with van der Waals surface area (Å²) in [5.41, 5.74) is 0.0153. The molecule has 0 amide bonds. The van der Waals surface area contributed by atoms with E-state index in [1.165, 1.54) is 0 Å². The van der Waals surface area contributed by atoms with E-state index in [9.17, 15) is 4.21 Å². The van der Waals surface area contributed by atoms with Crippen LogP contribution in [0.3, 0.4) is 0 Å². The predicted octanol–water partition coefficient (Wildman–Crippen LogP) is 3.48. The molecule has 0 aromatic rings. The average Bonchev–Trinajstić information content (AvgIpc) is 2.85. The molecule has 0 N–H and O–H groups in total. The predicted molar refractivity (Wildman–Crippen MR) is 86.8 cm³/mol. The Kier molecular flexibility index (Phi) is 4.96. The molecule has 1 spiro atoms. The van der Waals surface area contributed by atoms with Gasteiger partial charge in [-0.2, -0.15) is 4.40 Å². The van der Waals surface area contributed by atoms with Crippen LogP contribution in [0.4, 0.5) is 0 Å². The molecule has 5 heteroatoms. The average molecular weight is 315 g/mol. The Hall–Kier alpha value is -0.260. The van der Waals surface area contributed by atoms with E-state index in [1.54, 1.807) is 0 Å². The molecular formula is C16H29NO3S. The maximum absolute atomic E-state index is 12.2. The van der Waals surface area contributed by atoms with Crippen LogP contribution in [0.25, 0.3) is 0 Å². The summed E-state index contributed by atoms with van der Waals surface area (Å²) in [5.74, 6) is 0.118. The van der Waals surface area contributed by atoms with Crippen molar-refractivity contribution in [3.63, 3.8) is 0 Å². The molecule has 0 radical (unpaired) electrons. The SMILES string of the molecule is CC(C)C1(C=NS(=O)C(C)(C)C)CCC2(CC1)OCCO2. The fraction of sp³-hybridized carbons (Fsp3) is 0.938. The Labute approximate surface area is 131 Å². The monoisotopic (exact) mass is 315 g/mol. The third-order valence-corrected chi connectivity index (χ3v) is 6.18. The first-order valence-electron chi connectivity index (χ1n) is 7.94. The van der Waals surface area contributed by atoms with Crippen LogP contribution >= 0.6 is 0 Å². The lowest BCUT2D eigenvalue weighted by atomic mass is 9.66. The molecule has 2 rings (SSSR count). The van der Waals surface area contributed by atoms with Gasteiger partial charge in [0, 0.05) is 24.5 Å². The van der Waals surface area contributed by atoms with Gasteiger partial charge in [-0.3, -0.25) is 0 Å². The Morgan fingerprint density at radius 2 is 1.62 bits per heavy atom. The smallest absolute Gasteiger partial charge is 0.168 e. The molecule has 2 fully saturated rings. The highest BCUT2D eigenvalue weighted by atomic mass is 32.2. The standard InChI is InChI=1S/C16H29NO3S/c1-13(2)15(12-17-21(18)14(3,4)5)6-8-16(9-7-15)19-10-11-20-16/h12-13H,6-11H2,1-5H3. The van der Waals surface area contributed by atoms with Crippen molar-refractivity contribution in [3.05, 3.63) is 0 Å². The third kappa shape index (κ3) is 3.74. The van der Waals surface area contributed by atoms with E-state index in [0.717, 1.165) is 25.7 Å². The summed E-state index contributed by atoms with van der Waals surface area (Å²) in [4.78, 5) is 0. The largest absolute Gasteiger partial charge is 0.348 e. The molecule has 1 unspecified atom stereocenters. The van der Waals surface area contributed by atoms with Crippen LogP contribution in [0.1, 0.15) is 60.3 Å². The van der Waals surface area contributed by atoms with Crippen molar-refractivity contribution >= 4 is 17.2 Å². The summed E-state index contributed by atoms with van der Waals surface area (Å²) >= 11 is 0. The zero-order chi connectivity index (χ0) is 15.7. The van der Waals surface area contributed by atoms with Crippen molar-refractivity contribution in [1.29, 1.82) is 0 Å². The van der Waals surface area contributed by atoms with Crippen LogP contribution in [0.15, 0.2) is 4.40 Å². The minimum absolute atomic E-state index is 0.0153. The molecule has 0 aromatic carbocycles. The lowest BCUT2D eigenvalue weighted by molar-refractivity contribution is -0.188. The number of ether oxygens (including phenoxy) is 2. The minimum Gasteiger partial charge on any atom is -0.348 e. The van der Waals surface area contributed by atoms with Crippen molar-refractivity contribution in [1.82, 2.24) is 0 Å². The van der Waals surface area contributed by atoms with Crippen molar-refractivity contribution in [3.8, 4) is 0 Å². The van der Waals surface area contributed by atoms with Gasteiger partial charge in [-0.1, -0.05) is 13.8 Å². The highest BCUT2D eigenvalue weighted by Crippen LogP contribution is 2.47. The molecular weight excluding hydrogens is 286 g/mol. The Balaban J connectivity index is 2.09. The Morgan fingerprint density at radius 3 is 2.05 bits per heavy atom. The number of rotatable bonds is 3. The van der Waals surface area contributed by atoms with E-state index in [-0.39, 0.29) is 15.9 Å². The van der Waals surface area contributed by atoms with Crippen LogP contribution in [-0.4, -0.2) is 34.2 Å². The van der Waals surface area contributed by atoms with E-state index < -0.39 is 11.0 Å². The molecule has 1 saturated carbocycles. The lowest BCUT2D eigenvalue weighted by Gasteiger charge is -2.44. The number of hydrogen-bond acceptors (Lipinski definition) is 3. The second kappa shape index (κ2) is 6.09. The van der Waals surface area contributed by atoms with Crippen LogP contribution in [0.5, 0.6) is 0 Å². The van der Waals surface area contributed by atoms with E-state index in [2.05, 4.69) is 18.2 Å². The molecule has 0 aromatic heterocycles. The molecule has 4 nitrogen and oxygen atoms in total. The number of hydrogen-bond donors (Lipinski definition) is 0. The highest BCUT2D eigenvalue weighted by molar-refractivity contribution is 7.85.